The molecule has 1 fully saturated rings. The first-order valence-electron chi connectivity index (χ1n) is 13.8. The highest BCUT2D eigenvalue weighted by Crippen LogP contribution is 2.32. The van der Waals surface area contributed by atoms with Gasteiger partial charge in [-0.25, -0.2) is 13.8 Å². The standard InChI is InChI=1S/C34H30F2N4O/c1-22-18-26(12-13-29(22)32(37)25-7-5-9-28(36)20-25)34(41)39-16-14-24(15-17-39)33-38-30-10-2-3-11-31(30)40(33)21-23-6-4-8-27(35)19-23/h2-13,18-20,24,37H,14-17,21H2,1H3. The lowest BCUT2D eigenvalue weighted by Gasteiger charge is -2.32. The molecule has 0 aliphatic carbocycles. The van der Waals surface area contributed by atoms with Crippen LogP contribution in [-0.2, 0) is 6.54 Å². The van der Waals surface area contributed by atoms with Crippen LogP contribution in [0.5, 0.6) is 0 Å². The van der Waals surface area contributed by atoms with Crippen LogP contribution >= 0.6 is 0 Å². The van der Waals surface area contributed by atoms with Crippen LogP contribution in [0.3, 0.4) is 0 Å². The van der Waals surface area contributed by atoms with E-state index in [2.05, 4.69) is 4.57 Å². The predicted octanol–water partition coefficient (Wildman–Crippen LogP) is 7.11. The van der Waals surface area contributed by atoms with Crippen molar-refractivity contribution < 1.29 is 13.6 Å². The second kappa shape index (κ2) is 11.1. The number of aryl methyl sites for hydroxylation is 1. The topological polar surface area (TPSA) is 62.0 Å². The number of benzene rings is 4. The molecule has 0 saturated carbocycles. The molecule has 0 atom stereocenters. The molecule has 41 heavy (non-hydrogen) atoms. The molecule has 0 spiro atoms. The summed E-state index contributed by atoms with van der Waals surface area (Å²) in [5.74, 6) is 0.470. The maximum atomic E-state index is 13.9. The van der Waals surface area contributed by atoms with E-state index < -0.39 is 0 Å². The lowest BCUT2D eigenvalue weighted by molar-refractivity contribution is 0.0710. The largest absolute Gasteiger partial charge is 0.339 e. The smallest absolute Gasteiger partial charge is 0.253 e. The monoisotopic (exact) mass is 548 g/mol. The van der Waals surface area contributed by atoms with Gasteiger partial charge in [-0.3, -0.25) is 10.2 Å². The van der Waals surface area contributed by atoms with Crippen LogP contribution in [0.2, 0.25) is 0 Å². The molecule has 0 unspecified atom stereocenters. The Hall–Kier alpha value is -4.65. The number of hydrogen-bond acceptors (Lipinski definition) is 3. The number of piperidine rings is 1. The molecule has 206 valence electrons. The second-order valence-electron chi connectivity index (χ2n) is 10.7. The second-order valence-corrected chi connectivity index (χ2v) is 10.7. The molecule has 1 aliphatic rings. The molecule has 1 aromatic heterocycles. The third-order valence-corrected chi connectivity index (χ3v) is 7.92. The minimum Gasteiger partial charge on any atom is -0.339 e. The molecule has 0 radical (unpaired) electrons. The third kappa shape index (κ3) is 5.40. The number of hydrogen-bond donors (Lipinski definition) is 1. The molecule has 1 amide bonds. The van der Waals surface area contributed by atoms with E-state index in [1.54, 1.807) is 36.4 Å². The van der Waals surface area contributed by atoms with Crippen molar-refractivity contribution in [1.29, 1.82) is 5.41 Å². The van der Waals surface area contributed by atoms with E-state index in [4.69, 9.17) is 10.4 Å². The van der Waals surface area contributed by atoms with Crippen molar-refractivity contribution in [1.82, 2.24) is 14.5 Å². The molecule has 5 aromatic rings. The van der Waals surface area contributed by atoms with Crippen LogP contribution in [0.15, 0.2) is 91.0 Å². The number of fused-ring (bicyclic) bond motifs is 1. The number of aromatic nitrogens is 2. The maximum Gasteiger partial charge on any atom is 0.253 e. The van der Waals surface area contributed by atoms with Gasteiger partial charge in [0.25, 0.3) is 5.91 Å². The fourth-order valence-corrected chi connectivity index (χ4v) is 5.79. The molecule has 1 saturated heterocycles. The Morgan fingerprint density at radius 2 is 1.61 bits per heavy atom. The number of halogens is 2. The van der Waals surface area contributed by atoms with E-state index in [1.165, 1.54) is 18.2 Å². The van der Waals surface area contributed by atoms with Gasteiger partial charge in [0.05, 0.1) is 16.7 Å². The Morgan fingerprint density at radius 3 is 2.34 bits per heavy atom. The molecule has 1 N–H and O–H groups in total. The third-order valence-electron chi connectivity index (χ3n) is 7.92. The Kier molecular flexibility index (Phi) is 7.18. The number of amides is 1. The van der Waals surface area contributed by atoms with Gasteiger partial charge in [0, 0.05) is 42.2 Å². The molecule has 0 bridgehead atoms. The number of rotatable bonds is 6. The van der Waals surface area contributed by atoms with Gasteiger partial charge < -0.3 is 9.47 Å². The van der Waals surface area contributed by atoms with Crippen LogP contribution in [0.1, 0.15) is 57.2 Å². The van der Waals surface area contributed by atoms with E-state index in [1.807, 2.05) is 48.2 Å². The fraction of sp³-hybridized carbons (Fsp3) is 0.206. The van der Waals surface area contributed by atoms with E-state index in [9.17, 15) is 13.6 Å². The highest BCUT2D eigenvalue weighted by molar-refractivity contribution is 6.12. The number of likely N-dealkylation sites (tertiary alicyclic amines) is 1. The summed E-state index contributed by atoms with van der Waals surface area (Å²) in [5.41, 5.74) is 5.58. The van der Waals surface area contributed by atoms with Crippen LogP contribution in [0, 0.1) is 24.0 Å². The molecule has 5 nitrogen and oxygen atoms in total. The summed E-state index contributed by atoms with van der Waals surface area (Å²) < 4.78 is 29.8. The molecule has 7 heteroatoms. The lowest BCUT2D eigenvalue weighted by Crippen LogP contribution is -2.38. The van der Waals surface area contributed by atoms with Gasteiger partial charge in [-0.05, 0) is 79.4 Å². The zero-order valence-corrected chi connectivity index (χ0v) is 22.8. The van der Waals surface area contributed by atoms with Crippen LogP contribution in [0.25, 0.3) is 11.0 Å². The van der Waals surface area contributed by atoms with Crippen molar-refractivity contribution in [3.8, 4) is 0 Å². The molecule has 6 rings (SSSR count). The van der Waals surface area contributed by atoms with E-state index in [0.717, 1.165) is 40.8 Å². The molecular formula is C34H30F2N4O. The van der Waals surface area contributed by atoms with Gasteiger partial charge in [0.2, 0.25) is 0 Å². The van der Waals surface area contributed by atoms with Gasteiger partial charge in [0.1, 0.15) is 17.5 Å². The quantitative estimate of drug-likeness (QED) is 0.230. The lowest BCUT2D eigenvalue weighted by atomic mass is 9.94. The Balaban J connectivity index is 1.18. The number of imidazole rings is 1. The summed E-state index contributed by atoms with van der Waals surface area (Å²) in [7, 11) is 0. The van der Waals surface area contributed by atoms with Crippen molar-refractivity contribution in [3.63, 3.8) is 0 Å². The number of carbonyl (C=O) groups excluding carboxylic acids is 1. The SMILES string of the molecule is Cc1cc(C(=O)N2CCC(c3nc4ccccc4n3Cc3cccc(F)c3)CC2)ccc1C(=N)c1cccc(F)c1. The van der Waals surface area contributed by atoms with Gasteiger partial charge in [-0.1, -0.05) is 42.5 Å². The number of nitrogens with one attached hydrogen (secondary N) is 1. The zero-order valence-electron chi connectivity index (χ0n) is 22.8. The Morgan fingerprint density at radius 1 is 0.878 bits per heavy atom. The van der Waals surface area contributed by atoms with E-state index >= 15 is 0 Å². The Labute approximate surface area is 237 Å². The summed E-state index contributed by atoms with van der Waals surface area (Å²) in [6, 6.07) is 26.0. The van der Waals surface area contributed by atoms with E-state index in [-0.39, 0.29) is 29.2 Å². The molecule has 4 aromatic carbocycles. The minimum atomic E-state index is -0.385. The van der Waals surface area contributed by atoms with E-state index in [0.29, 0.717) is 36.3 Å². The zero-order chi connectivity index (χ0) is 28.5. The first-order chi connectivity index (χ1) is 19.9. The normalized spacial score (nSPS) is 14.0. The average Bonchev–Trinajstić information content (AvgIpc) is 3.34. The summed E-state index contributed by atoms with van der Waals surface area (Å²) in [5, 5.41) is 8.54. The summed E-state index contributed by atoms with van der Waals surface area (Å²) >= 11 is 0. The van der Waals surface area contributed by atoms with Crippen molar-refractivity contribution in [3.05, 3.63) is 136 Å². The number of para-hydroxylation sites is 2. The summed E-state index contributed by atoms with van der Waals surface area (Å²) in [6.45, 7) is 3.61. The fourth-order valence-electron chi connectivity index (χ4n) is 5.79. The number of carbonyl (C=O) groups is 1. The molecule has 1 aliphatic heterocycles. The maximum absolute atomic E-state index is 13.9. The van der Waals surface area contributed by atoms with Crippen molar-refractivity contribution in [2.75, 3.05) is 13.1 Å². The van der Waals surface area contributed by atoms with Crippen molar-refractivity contribution >= 4 is 22.7 Å². The predicted molar refractivity (Wildman–Crippen MR) is 157 cm³/mol. The number of nitrogens with zero attached hydrogens (tertiary/aromatic N) is 3. The Bertz CT molecular complexity index is 1770. The minimum absolute atomic E-state index is 0.0383. The molecular weight excluding hydrogens is 518 g/mol. The van der Waals surface area contributed by atoms with Gasteiger partial charge in [-0.15, -0.1) is 0 Å². The molecule has 2 heterocycles. The van der Waals surface area contributed by atoms with Crippen LogP contribution in [0.4, 0.5) is 8.78 Å². The van der Waals surface area contributed by atoms with Crippen LogP contribution < -0.4 is 0 Å². The van der Waals surface area contributed by atoms with Gasteiger partial charge in [0.15, 0.2) is 0 Å². The van der Waals surface area contributed by atoms with Crippen LogP contribution in [-0.4, -0.2) is 39.2 Å². The summed E-state index contributed by atoms with van der Waals surface area (Å²) in [6.07, 6.45) is 1.55. The van der Waals surface area contributed by atoms with Gasteiger partial charge in [-0.2, -0.15) is 0 Å². The average molecular weight is 549 g/mol. The highest BCUT2D eigenvalue weighted by atomic mass is 19.1. The summed E-state index contributed by atoms with van der Waals surface area (Å²) in [4.78, 5) is 20.3. The first kappa shape index (κ1) is 26.6. The van der Waals surface area contributed by atoms with Gasteiger partial charge >= 0.3 is 0 Å². The van der Waals surface area contributed by atoms with Crippen molar-refractivity contribution in [2.24, 2.45) is 0 Å². The first-order valence-corrected chi connectivity index (χ1v) is 13.8. The highest BCUT2D eigenvalue weighted by Gasteiger charge is 2.28. The van der Waals surface area contributed by atoms with Crippen molar-refractivity contribution in [2.45, 2.75) is 32.2 Å².